The summed E-state index contributed by atoms with van der Waals surface area (Å²) >= 11 is 1.09. The average Bonchev–Trinajstić information content (AvgIpc) is 2.95. The molecule has 2 heterocycles. The van der Waals surface area contributed by atoms with Gasteiger partial charge >= 0.3 is 12.2 Å². The van der Waals surface area contributed by atoms with Crippen molar-refractivity contribution in [2.45, 2.75) is 12.6 Å². The summed E-state index contributed by atoms with van der Waals surface area (Å²) in [6.07, 6.45) is -5.40. The first-order chi connectivity index (χ1) is 9.37. The largest absolute Gasteiger partial charge is 0.390 e. The molecule has 1 aliphatic rings. The minimum Gasteiger partial charge on any atom is -0.350 e. The van der Waals surface area contributed by atoms with E-state index in [-0.39, 0.29) is 11.7 Å². The molecule has 0 atom stereocenters. The van der Waals surface area contributed by atoms with E-state index < -0.39 is 25.0 Å². The van der Waals surface area contributed by atoms with Gasteiger partial charge in [0.25, 0.3) is 5.91 Å². The molecule has 1 aromatic heterocycles. The van der Waals surface area contributed by atoms with Crippen LogP contribution < -0.4 is 15.5 Å². The summed E-state index contributed by atoms with van der Waals surface area (Å²) in [6.45, 7) is 0.437. The number of amides is 3. The number of urea groups is 1. The van der Waals surface area contributed by atoms with Crippen LogP contribution in [0.4, 0.5) is 23.1 Å². The summed E-state index contributed by atoms with van der Waals surface area (Å²) in [7, 11) is 0. The van der Waals surface area contributed by atoms with Crippen LogP contribution in [0.3, 0.4) is 0 Å². The number of nitrogens with one attached hydrogen (secondary N) is 2. The molecule has 0 spiro atoms. The third kappa shape index (κ3) is 3.59. The van der Waals surface area contributed by atoms with Crippen LogP contribution in [0.2, 0.25) is 0 Å². The highest BCUT2D eigenvalue weighted by Gasteiger charge is 2.27. The van der Waals surface area contributed by atoms with E-state index in [4.69, 9.17) is 0 Å². The first-order valence-electron chi connectivity index (χ1n) is 5.73. The topological polar surface area (TPSA) is 74.3 Å². The van der Waals surface area contributed by atoms with E-state index in [0.717, 1.165) is 11.3 Å². The predicted octanol–water partition coefficient (Wildman–Crippen LogP) is 1.35. The zero-order valence-electron chi connectivity index (χ0n) is 10.2. The number of hydrogen-bond acceptors (Lipinski definition) is 4. The van der Waals surface area contributed by atoms with Crippen LogP contribution in [0.25, 0.3) is 0 Å². The van der Waals surface area contributed by atoms with Crippen molar-refractivity contribution in [3.63, 3.8) is 0 Å². The van der Waals surface area contributed by atoms with Crippen LogP contribution >= 0.6 is 11.3 Å². The molecule has 6 nitrogen and oxygen atoms in total. The molecule has 0 bridgehead atoms. The zero-order chi connectivity index (χ0) is 14.8. The Morgan fingerprint density at radius 3 is 2.90 bits per heavy atom. The minimum atomic E-state index is -4.31. The molecule has 2 N–H and O–H groups in total. The lowest BCUT2D eigenvalue weighted by molar-refractivity contribution is -0.132. The molecule has 1 aromatic rings. The SMILES string of the molecule is O=C(NCCC(F)(F)F)c1csc(N2CCNC2=O)n1. The highest BCUT2D eigenvalue weighted by atomic mass is 32.1. The van der Waals surface area contributed by atoms with E-state index in [0.29, 0.717) is 18.2 Å². The smallest absolute Gasteiger partial charge is 0.350 e. The van der Waals surface area contributed by atoms with Gasteiger partial charge in [-0.25, -0.2) is 9.78 Å². The number of thiazole rings is 1. The van der Waals surface area contributed by atoms with Crippen molar-refractivity contribution in [3.8, 4) is 0 Å². The average molecular weight is 308 g/mol. The van der Waals surface area contributed by atoms with Crippen LogP contribution in [-0.4, -0.2) is 42.7 Å². The monoisotopic (exact) mass is 308 g/mol. The molecular weight excluding hydrogens is 297 g/mol. The zero-order valence-corrected chi connectivity index (χ0v) is 11.0. The van der Waals surface area contributed by atoms with Gasteiger partial charge in [-0.1, -0.05) is 0 Å². The van der Waals surface area contributed by atoms with Gasteiger partial charge in [0.05, 0.1) is 6.42 Å². The molecule has 20 heavy (non-hydrogen) atoms. The van der Waals surface area contributed by atoms with Crippen LogP contribution in [0.1, 0.15) is 16.9 Å². The van der Waals surface area contributed by atoms with E-state index in [1.165, 1.54) is 10.3 Å². The maximum absolute atomic E-state index is 11.9. The number of alkyl halides is 3. The van der Waals surface area contributed by atoms with Gasteiger partial charge in [0.1, 0.15) is 5.69 Å². The summed E-state index contributed by atoms with van der Waals surface area (Å²) < 4.78 is 35.8. The molecule has 110 valence electrons. The van der Waals surface area contributed by atoms with Crippen LogP contribution in [0, 0.1) is 0 Å². The van der Waals surface area contributed by atoms with E-state index >= 15 is 0 Å². The molecule has 1 saturated heterocycles. The van der Waals surface area contributed by atoms with Gasteiger partial charge in [-0.2, -0.15) is 13.2 Å². The molecule has 1 fully saturated rings. The molecule has 0 aliphatic carbocycles. The fraction of sp³-hybridized carbons (Fsp3) is 0.500. The van der Waals surface area contributed by atoms with E-state index in [9.17, 15) is 22.8 Å². The predicted molar refractivity (Wildman–Crippen MR) is 65.9 cm³/mol. The quantitative estimate of drug-likeness (QED) is 0.882. The van der Waals surface area contributed by atoms with Crippen molar-refractivity contribution in [2.24, 2.45) is 0 Å². The molecular formula is C10H11F3N4O2S. The van der Waals surface area contributed by atoms with Gasteiger partial charge in [-0.05, 0) is 0 Å². The number of halogens is 3. The van der Waals surface area contributed by atoms with Gasteiger partial charge in [-0.15, -0.1) is 11.3 Å². The van der Waals surface area contributed by atoms with E-state index in [1.54, 1.807) is 0 Å². The minimum absolute atomic E-state index is 0.00637. The second kappa shape index (κ2) is 5.65. The maximum Gasteiger partial charge on any atom is 0.390 e. The van der Waals surface area contributed by atoms with Crippen molar-refractivity contribution < 1.29 is 22.8 Å². The number of carbonyl (C=O) groups excluding carboxylic acids is 2. The van der Waals surface area contributed by atoms with Crippen molar-refractivity contribution in [1.29, 1.82) is 0 Å². The summed E-state index contributed by atoms with van der Waals surface area (Å²) in [5.74, 6) is -0.684. The molecule has 1 aliphatic heterocycles. The molecule has 0 saturated carbocycles. The third-order valence-electron chi connectivity index (χ3n) is 2.51. The Kier molecular flexibility index (Phi) is 4.12. The molecule has 3 amide bonds. The molecule has 0 unspecified atom stereocenters. The Morgan fingerprint density at radius 2 is 2.30 bits per heavy atom. The number of rotatable bonds is 4. The van der Waals surface area contributed by atoms with Gasteiger partial charge < -0.3 is 10.6 Å². The fourth-order valence-corrected chi connectivity index (χ4v) is 2.38. The number of hydrogen-bond donors (Lipinski definition) is 2. The van der Waals surface area contributed by atoms with E-state index in [1.807, 2.05) is 0 Å². The maximum atomic E-state index is 11.9. The Morgan fingerprint density at radius 1 is 1.55 bits per heavy atom. The van der Waals surface area contributed by atoms with Crippen molar-refractivity contribution in [1.82, 2.24) is 15.6 Å². The summed E-state index contributed by atoms with van der Waals surface area (Å²) in [4.78, 5) is 28.3. The first-order valence-corrected chi connectivity index (χ1v) is 6.60. The summed E-state index contributed by atoms with van der Waals surface area (Å²) in [5.41, 5.74) is 0.00637. The molecule has 2 rings (SSSR count). The molecule has 10 heteroatoms. The molecule has 0 aromatic carbocycles. The highest BCUT2D eigenvalue weighted by Crippen LogP contribution is 2.22. The van der Waals surface area contributed by atoms with Gasteiger partial charge in [0.15, 0.2) is 5.13 Å². The van der Waals surface area contributed by atoms with Crippen LogP contribution in [0.15, 0.2) is 5.38 Å². The number of aromatic nitrogens is 1. The lowest BCUT2D eigenvalue weighted by Crippen LogP contribution is -2.29. The van der Waals surface area contributed by atoms with Gasteiger partial charge in [-0.3, -0.25) is 9.69 Å². The fourth-order valence-electron chi connectivity index (χ4n) is 1.55. The van der Waals surface area contributed by atoms with Crippen LogP contribution in [0.5, 0.6) is 0 Å². The normalized spacial score (nSPS) is 15.3. The van der Waals surface area contributed by atoms with Gasteiger partial charge in [0, 0.05) is 25.0 Å². The second-order valence-electron chi connectivity index (χ2n) is 4.02. The number of nitrogens with zero attached hydrogens (tertiary/aromatic N) is 2. The van der Waals surface area contributed by atoms with Crippen molar-refractivity contribution in [2.75, 3.05) is 24.5 Å². The summed E-state index contributed by atoms with van der Waals surface area (Å²) in [5, 5.41) is 6.48. The first kappa shape index (κ1) is 14.6. The Bertz CT molecular complexity index is 517. The Hall–Kier alpha value is -1.84. The van der Waals surface area contributed by atoms with E-state index in [2.05, 4.69) is 15.6 Å². The highest BCUT2D eigenvalue weighted by molar-refractivity contribution is 7.14. The second-order valence-corrected chi connectivity index (χ2v) is 4.86. The molecule has 0 radical (unpaired) electrons. The lowest BCUT2D eigenvalue weighted by atomic mass is 10.4. The Labute approximate surface area is 116 Å². The number of anilines is 1. The summed E-state index contributed by atoms with van der Waals surface area (Å²) in [6, 6.07) is -0.302. The van der Waals surface area contributed by atoms with Crippen molar-refractivity contribution >= 4 is 28.4 Å². The standard InChI is InChI=1S/C10H11F3N4O2S/c11-10(12,13)1-2-14-7(18)6-5-20-9(16-6)17-4-3-15-8(17)19/h5H,1-4H2,(H,14,18)(H,15,19). The number of carbonyl (C=O) groups is 2. The third-order valence-corrected chi connectivity index (χ3v) is 3.37. The van der Waals surface area contributed by atoms with Crippen molar-refractivity contribution in [3.05, 3.63) is 11.1 Å². The van der Waals surface area contributed by atoms with Crippen LogP contribution in [-0.2, 0) is 0 Å². The Balaban J connectivity index is 1.91. The lowest BCUT2D eigenvalue weighted by Gasteiger charge is -2.09. The van der Waals surface area contributed by atoms with Gasteiger partial charge in [0.2, 0.25) is 0 Å².